The van der Waals surface area contributed by atoms with Gasteiger partial charge < -0.3 is 5.32 Å². The summed E-state index contributed by atoms with van der Waals surface area (Å²) in [5.41, 5.74) is 2.29. The quantitative estimate of drug-likeness (QED) is 0.511. The van der Waals surface area contributed by atoms with Gasteiger partial charge in [0.1, 0.15) is 11.9 Å². The number of rotatable bonds is 7. The number of benzene rings is 2. The van der Waals surface area contributed by atoms with E-state index in [0.717, 1.165) is 36.1 Å². The number of anilines is 1. The molecule has 32 heavy (non-hydrogen) atoms. The van der Waals surface area contributed by atoms with Crippen molar-refractivity contribution in [1.29, 1.82) is 0 Å². The van der Waals surface area contributed by atoms with E-state index in [4.69, 9.17) is 0 Å². The first-order chi connectivity index (χ1) is 15.5. The van der Waals surface area contributed by atoms with Crippen molar-refractivity contribution in [1.82, 2.24) is 5.32 Å². The minimum Gasteiger partial charge on any atom is -0.351 e. The minimum absolute atomic E-state index is 0.109. The molecule has 1 saturated carbocycles. The number of thiophene rings is 1. The molecule has 1 atom stereocenters. The Labute approximate surface area is 192 Å². The molecule has 0 aliphatic heterocycles. The first-order valence-electron chi connectivity index (χ1n) is 11.0. The highest BCUT2D eigenvalue weighted by molar-refractivity contribution is 7.10. The van der Waals surface area contributed by atoms with E-state index in [1.807, 2.05) is 48.7 Å². The Kier molecular flexibility index (Phi) is 7.00. The third kappa shape index (κ3) is 5.25. The van der Waals surface area contributed by atoms with Crippen LogP contribution >= 0.6 is 11.3 Å². The Morgan fingerprint density at radius 2 is 1.75 bits per heavy atom. The summed E-state index contributed by atoms with van der Waals surface area (Å²) in [5, 5.41) is 5.08. The molecule has 3 aromatic rings. The van der Waals surface area contributed by atoms with Crippen LogP contribution in [-0.4, -0.2) is 17.9 Å². The van der Waals surface area contributed by atoms with Gasteiger partial charge in [0.15, 0.2) is 0 Å². The lowest BCUT2D eigenvalue weighted by atomic mass is 10.0. The molecule has 0 saturated heterocycles. The molecular formula is C26H27FN2O2S. The van der Waals surface area contributed by atoms with Gasteiger partial charge in [-0.1, -0.05) is 48.7 Å². The zero-order valence-electron chi connectivity index (χ0n) is 18.1. The molecule has 0 radical (unpaired) electrons. The molecule has 1 unspecified atom stereocenters. The number of carbonyl (C=O) groups excluding carboxylic acids is 2. The number of hydrogen-bond acceptors (Lipinski definition) is 3. The average Bonchev–Trinajstić information content (AvgIpc) is 3.48. The molecule has 166 valence electrons. The normalized spacial score (nSPS) is 14.8. The van der Waals surface area contributed by atoms with E-state index in [2.05, 4.69) is 5.32 Å². The van der Waals surface area contributed by atoms with Crippen molar-refractivity contribution < 1.29 is 14.0 Å². The highest BCUT2D eigenvalue weighted by Gasteiger charge is 2.34. The van der Waals surface area contributed by atoms with Crippen LogP contribution in [0.5, 0.6) is 0 Å². The van der Waals surface area contributed by atoms with E-state index >= 15 is 0 Å². The summed E-state index contributed by atoms with van der Waals surface area (Å²) in [6, 6.07) is 16.5. The third-order valence-electron chi connectivity index (χ3n) is 5.88. The second kappa shape index (κ2) is 10.1. The second-order valence-corrected chi connectivity index (χ2v) is 9.33. The molecule has 1 heterocycles. The van der Waals surface area contributed by atoms with Crippen LogP contribution in [0, 0.1) is 12.7 Å². The fraction of sp³-hybridized carbons (Fsp3) is 0.308. The molecule has 4 nitrogen and oxygen atoms in total. The number of amides is 2. The van der Waals surface area contributed by atoms with Crippen molar-refractivity contribution in [3.05, 3.63) is 87.9 Å². The van der Waals surface area contributed by atoms with E-state index in [-0.39, 0.29) is 30.1 Å². The molecule has 1 fully saturated rings. The number of hydrogen-bond donors (Lipinski definition) is 1. The van der Waals surface area contributed by atoms with Gasteiger partial charge in [0.05, 0.1) is 6.42 Å². The topological polar surface area (TPSA) is 49.4 Å². The lowest BCUT2D eigenvalue weighted by Gasteiger charge is -2.32. The van der Waals surface area contributed by atoms with Gasteiger partial charge in [0.25, 0.3) is 0 Å². The lowest BCUT2D eigenvalue weighted by Crippen LogP contribution is -2.46. The molecule has 1 aliphatic carbocycles. The molecule has 1 aliphatic rings. The predicted molar refractivity (Wildman–Crippen MR) is 126 cm³/mol. The standard InChI is InChI=1S/C26H27FN2O2S/c1-18-8-14-22(15-9-18)29(24(30)17-23-7-4-16-32-23)25(19-10-12-20(27)13-11-19)26(31)28-21-5-2-3-6-21/h4,7-16,21,25H,2-3,5-6,17H2,1H3,(H,28,31). The van der Waals surface area contributed by atoms with Crippen LogP contribution in [0.3, 0.4) is 0 Å². The van der Waals surface area contributed by atoms with Crippen molar-refractivity contribution in [2.24, 2.45) is 0 Å². The molecule has 0 spiro atoms. The van der Waals surface area contributed by atoms with Crippen LogP contribution in [0.15, 0.2) is 66.0 Å². The van der Waals surface area contributed by atoms with Crippen LogP contribution in [-0.2, 0) is 16.0 Å². The number of aryl methyl sites for hydroxylation is 1. The van der Waals surface area contributed by atoms with Crippen LogP contribution < -0.4 is 10.2 Å². The van der Waals surface area contributed by atoms with E-state index in [1.165, 1.54) is 23.5 Å². The molecule has 1 N–H and O–H groups in total. The maximum atomic E-state index is 13.7. The Morgan fingerprint density at radius 1 is 1.06 bits per heavy atom. The summed E-state index contributed by atoms with van der Waals surface area (Å²) in [7, 11) is 0. The van der Waals surface area contributed by atoms with Crippen LogP contribution in [0.25, 0.3) is 0 Å². The van der Waals surface area contributed by atoms with E-state index in [0.29, 0.717) is 11.3 Å². The highest BCUT2D eigenvalue weighted by atomic mass is 32.1. The fourth-order valence-electron chi connectivity index (χ4n) is 4.20. The second-order valence-electron chi connectivity index (χ2n) is 8.30. The van der Waals surface area contributed by atoms with E-state index < -0.39 is 6.04 Å². The average molecular weight is 451 g/mol. The Bertz CT molecular complexity index is 1040. The van der Waals surface area contributed by atoms with Crippen LogP contribution in [0.1, 0.15) is 47.7 Å². The van der Waals surface area contributed by atoms with Crippen molar-refractivity contribution in [3.8, 4) is 0 Å². The van der Waals surface area contributed by atoms with Crippen molar-refractivity contribution in [2.45, 2.75) is 51.1 Å². The van der Waals surface area contributed by atoms with Crippen LogP contribution in [0.2, 0.25) is 0 Å². The Balaban J connectivity index is 1.74. The van der Waals surface area contributed by atoms with Gasteiger partial charge >= 0.3 is 0 Å². The molecule has 1 aromatic heterocycles. The zero-order chi connectivity index (χ0) is 22.5. The monoisotopic (exact) mass is 450 g/mol. The summed E-state index contributed by atoms with van der Waals surface area (Å²) in [6.07, 6.45) is 4.25. The Hall–Kier alpha value is -2.99. The third-order valence-corrected chi connectivity index (χ3v) is 6.76. The number of halogens is 1. The molecule has 2 amide bonds. The maximum absolute atomic E-state index is 13.7. The summed E-state index contributed by atoms with van der Waals surface area (Å²) in [6.45, 7) is 1.98. The van der Waals surface area contributed by atoms with Gasteiger partial charge in [-0.25, -0.2) is 4.39 Å². The van der Waals surface area contributed by atoms with Gasteiger partial charge in [-0.3, -0.25) is 14.5 Å². The van der Waals surface area contributed by atoms with E-state index in [9.17, 15) is 14.0 Å². The maximum Gasteiger partial charge on any atom is 0.248 e. The largest absolute Gasteiger partial charge is 0.351 e. The fourth-order valence-corrected chi connectivity index (χ4v) is 4.90. The van der Waals surface area contributed by atoms with Gasteiger partial charge in [-0.2, -0.15) is 0 Å². The van der Waals surface area contributed by atoms with Crippen molar-refractivity contribution in [2.75, 3.05) is 4.90 Å². The highest BCUT2D eigenvalue weighted by Crippen LogP contribution is 2.31. The molecule has 0 bridgehead atoms. The predicted octanol–water partition coefficient (Wildman–Crippen LogP) is 5.57. The summed E-state index contributed by atoms with van der Waals surface area (Å²) in [5.74, 6) is -0.786. The number of nitrogens with one attached hydrogen (secondary N) is 1. The first-order valence-corrected chi connectivity index (χ1v) is 11.9. The number of carbonyl (C=O) groups is 2. The number of nitrogens with zero attached hydrogens (tertiary/aromatic N) is 1. The summed E-state index contributed by atoms with van der Waals surface area (Å²) in [4.78, 5) is 29.7. The lowest BCUT2D eigenvalue weighted by molar-refractivity contribution is -0.127. The molecule has 4 rings (SSSR count). The van der Waals surface area contributed by atoms with Gasteiger partial charge in [0.2, 0.25) is 11.8 Å². The molecular weight excluding hydrogens is 423 g/mol. The molecule has 2 aromatic carbocycles. The van der Waals surface area contributed by atoms with Crippen molar-refractivity contribution in [3.63, 3.8) is 0 Å². The summed E-state index contributed by atoms with van der Waals surface area (Å²) < 4.78 is 13.7. The van der Waals surface area contributed by atoms with E-state index in [1.54, 1.807) is 17.0 Å². The van der Waals surface area contributed by atoms with Gasteiger partial charge in [0, 0.05) is 16.6 Å². The smallest absolute Gasteiger partial charge is 0.248 e. The summed E-state index contributed by atoms with van der Waals surface area (Å²) >= 11 is 1.51. The van der Waals surface area contributed by atoms with Crippen LogP contribution in [0.4, 0.5) is 10.1 Å². The minimum atomic E-state index is -0.883. The van der Waals surface area contributed by atoms with Gasteiger partial charge in [-0.05, 0) is 61.0 Å². The molecule has 6 heteroatoms. The SMILES string of the molecule is Cc1ccc(N(C(=O)Cc2cccs2)C(C(=O)NC2CCCC2)c2ccc(F)cc2)cc1. The zero-order valence-corrected chi connectivity index (χ0v) is 18.9. The van der Waals surface area contributed by atoms with Crippen molar-refractivity contribution >= 4 is 28.8 Å². The van der Waals surface area contributed by atoms with Gasteiger partial charge in [-0.15, -0.1) is 11.3 Å². The first kappa shape index (κ1) is 22.2. The Morgan fingerprint density at radius 3 is 2.38 bits per heavy atom.